The van der Waals surface area contributed by atoms with Crippen LogP contribution in [0.4, 0.5) is 5.69 Å². The molecule has 6 nitrogen and oxygen atoms in total. The first-order chi connectivity index (χ1) is 13.0. The van der Waals surface area contributed by atoms with Gasteiger partial charge in [-0.25, -0.2) is 0 Å². The fraction of sp³-hybridized carbons (Fsp3) is 0.571. The normalized spacial score (nSPS) is 23.7. The number of hydrogen-bond donors (Lipinski definition) is 2. The molecule has 144 valence electrons. The van der Waals surface area contributed by atoms with Crippen molar-refractivity contribution in [2.45, 2.75) is 69.4 Å². The molecule has 4 rings (SSSR count). The van der Waals surface area contributed by atoms with Gasteiger partial charge >= 0.3 is 5.97 Å². The van der Waals surface area contributed by atoms with Crippen LogP contribution in [0.5, 0.6) is 0 Å². The molecule has 1 spiro atoms. The third kappa shape index (κ3) is 4.15. The minimum atomic E-state index is -0.611. The molecule has 2 saturated carbocycles. The predicted molar refractivity (Wildman–Crippen MR) is 100.0 cm³/mol. The monoisotopic (exact) mass is 370 g/mol. The van der Waals surface area contributed by atoms with Gasteiger partial charge in [-0.05, 0) is 56.2 Å². The van der Waals surface area contributed by atoms with E-state index in [9.17, 15) is 14.4 Å². The molecular formula is C21H26N2O4. The van der Waals surface area contributed by atoms with E-state index in [1.54, 1.807) is 0 Å². The maximum atomic E-state index is 12.8. The number of anilines is 1. The highest BCUT2D eigenvalue weighted by atomic mass is 16.6. The Hall–Kier alpha value is -2.37. The fourth-order valence-electron chi connectivity index (χ4n) is 4.25. The molecule has 6 heteroatoms. The van der Waals surface area contributed by atoms with Gasteiger partial charge in [-0.3, -0.25) is 14.4 Å². The molecule has 2 aliphatic carbocycles. The van der Waals surface area contributed by atoms with Gasteiger partial charge < -0.3 is 15.4 Å². The summed E-state index contributed by atoms with van der Waals surface area (Å²) in [6, 6.07) is 7.69. The van der Waals surface area contributed by atoms with Crippen LogP contribution in [0, 0.1) is 5.92 Å². The van der Waals surface area contributed by atoms with Crippen LogP contribution in [0.2, 0.25) is 0 Å². The van der Waals surface area contributed by atoms with E-state index in [0.29, 0.717) is 18.2 Å². The number of rotatable bonds is 5. The predicted octanol–water partition coefficient (Wildman–Crippen LogP) is 2.71. The van der Waals surface area contributed by atoms with Crippen molar-refractivity contribution in [3.05, 3.63) is 29.8 Å². The lowest BCUT2D eigenvalue weighted by Crippen LogP contribution is -2.43. The summed E-state index contributed by atoms with van der Waals surface area (Å²) < 4.78 is 5.62. The van der Waals surface area contributed by atoms with Crippen molar-refractivity contribution in [2.75, 3.05) is 5.32 Å². The first kappa shape index (κ1) is 18.0. The molecule has 1 aromatic rings. The van der Waals surface area contributed by atoms with Crippen molar-refractivity contribution < 1.29 is 19.1 Å². The second-order valence-electron chi connectivity index (χ2n) is 8.06. The molecule has 1 atom stereocenters. The number of hydrogen-bond acceptors (Lipinski definition) is 4. The van der Waals surface area contributed by atoms with Crippen molar-refractivity contribution in [2.24, 2.45) is 5.92 Å². The molecule has 0 aromatic heterocycles. The van der Waals surface area contributed by atoms with Crippen LogP contribution < -0.4 is 10.6 Å². The van der Waals surface area contributed by atoms with E-state index < -0.39 is 11.5 Å². The number of amides is 2. The average Bonchev–Trinajstić information content (AvgIpc) is 3.40. The fourth-order valence-corrected chi connectivity index (χ4v) is 4.25. The van der Waals surface area contributed by atoms with Gasteiger partial charge in [-0.15, -0.1) is 0 Å². The quantitative estimate of drug-likeness (QED) is 0.781. The van der Waals surface area contributed by atoms with Crippen LogP contribution in [0.25, 0.3) is 0 Å². The smallest absolute Gasteiger partial charge is 0.307 e. The maximum Gasteiger partial charge on any atom is 0.307 e. The highest BCUT2D eigenvalue weighted by Crippen LogP contribution is 2.44. The lowest BCUT2D eigenvalue weighted by atomic mass is 9.75. The Labute approximate surface area is 159 Å². The molecular weight excluding hydrogens is 344 g/mol. The first-order valence-electron chi connectivity index (χ1n) is 9.95. The summed E-state index contributed by atoms with van der Waals surface area (Å²) in [4.78, 5) is 36.6. The van der Waals surface area contributed by atoms with Gasteiger partial charge in [0.15, 0.2) is 0 Å². The van der Waals surface area contributed by atoms with E-state index in [1.165, 1.54) is 0 Å². The van der Waals surface area contributed by atoms with Crippen molar-refractivity contribution in [1.82, 2.24) is 5.32 Å². The average molecular weight is 370 g/mol. The van der Waals surface area contributed by atoms with Crippen LogP contribution in [0.1, 0.15) is 56.9 Å². The molecule has 1 heterocycles. The van der Waals surface area contributed by atoms with E-state index in [4.69, 9.17) is 4.74 Å². The minimum Gasteiger partial charge on any atom is -0.458 e. The molecule has 27 heavy (non-hydrogen) atoms. The molecule has 1 aliphatic heterocycles. The molecule has 1 unspecified atom stereocenters. The van der Waals surface area contributed by atoms with Gasteiger partial charge in [0.1, 0.15) is 5.60 Å². The van der Waals surface area contributed by atoms with E-state index >= 15 is 0 Å². The van der Waals surface area contributed by atoms with Gasteiger partial charge in [0, 0.05) is 11.7 Å². The standard InChI is InChI=1S/C21H26N2O4/c24-18(22-15-8-9-15)12-14-4-6-16(7-5-14)23-20(26)17-13-19(25)27-21(17)10-2-1-3-11-21/h4-7,15,17H,1-3,8-13H2,(H,22,24)(H,23,26). The summed E-state index contributed by atoms with van der Waals surface area (Å²) in [6.07, 6.45) is 7.31. The van der Waals surface area contributed by atoms with E-state index in [0.717, 1.165) is 50.5 Å². The van der Waals surface area contributed by atoms with Crippen LogP contribution in [0.15, 0.2) is 24.3 Å². The lowest BCUT2D eigenvalue weighted by molar-refractivity contribution is -0.153. The molecule has 1 aromatic carbocycles. The SMILES string of the molecule is O=C(Cc1ccc(NC(=O)C2CC(=O)OC23CCCCC3)cc1)NC1CC1. The summed E-state index contributed by atoms with van der Waals surface area (Å²) >= 11 is 0. The Morgan fingerprint density at radius 2 is 1.78 bits per heavy atom. The lowest BCUT2D eigenvalue weighted by Gasteiger charge is -2.36. The molecule has 0 radical (unpaired) electrons. The number of esters is 1. The Balaban J connectivity index is 1.37. The Bertz CT molecular complexity index is 733. The van der Waals surface area contributed by atoms with E-state index in [1.807, 2.05) is 24.3 Å². The Morgan fingerprint density at radius 1 is 1.07 bits per heavy atom. The van der Waals surface area contributed by atoms with Gasteiger partial charge in [0.2, 0.25) is 11.8 Å². The second-order valence-corrected chi connectivity index (χ2v) is 8.06. The van der Waals surface area contributed by atoms with Gasteiger partial charge in [-0.1, -0.05) is 18.6 Å². The third-order valence-corrected chi connectivity index (χ3v) is 5.87. The zero-order chi connectivity index (χ0) is 18.9. The van der Waals surface area contributed by atoms with Crippen LogP contribution >= 0.6 is 0 Å². The Morgan fingerprint density at radius 3 is 2.44 bits per heavy atom. The van der Waals surface area contributed by atoms with Crippen LogP contribution in [-0.4, -0.2) is 29.4 Å². The van der Waals surface area contributed by atoms with Gasteiger partial charge in [-0.2, -0.15) is 0 Å². The van der Waals surface area contributed by atoms with Gasteiger partial charge in [0.25, 0.3) is 0 Å². The van der Waals surface area contributed by atoms with Crippen LogP contribution in [0.3, 0.4) is 0 Å². The number of carbonyl (C=O) groups is 3. The van der Waals surface area contributed by atoms with Crippen molar-refractivity contribution in [1.29, 1.82) is 0 Å². The Kier molecular flexibility index (Phi) is 4.89. The summed E-state index contributed by atoms with van der Waals surface area (Å²) in [5.41, 5.74) is 0.978. The number of ether oxygens (including phenoxy) is 1. The summed E-state index contributed by atoms with van der Waals surface area (Å²) in [5.74, 6) is -0.805. The minimum absolute atomic E-state index is 0.0372. The summed E-state index contributed by atoms with van der Waals surface area (Å²) in [7, 11) is 0. The van der Waals surface area contributed by atoms with Crippen molar-refractivity contribution in [3.63, 3.8) is 0 Å². The second kappa shape index (κ2) is 7.33. The van der Waals surface area contributed by atoms with Crippen molar-refractivity contribution >= 4 is 23.5 Å². The molecule has 3 aliphatic rings. The highest BCUT2D eigenvalue weighted by molar-refractivity contribution is 5.97. The molecule has 3 fully saturated rings. The number of nitrogens with one attached hydrogen (secondary N) is 2. The first-order valence-corrected chi connectivity index (χ1v) is 9.95. The van der Waals surface area contributed by atoms with E-state index in [2.05, 4.69) is 10.6 Å². The zero-order valence-electron chi connectivity index (χ0n) is 15.5. The summed E-state index contributed by atoms with van der Waals surface area (Å²) in [6.45, 7) is 0. The number of carbonyl (C=O) groups excluding carboxylic acids is 3. The molecule has 0 bridgehead atoms. The number of benzene rings is 1. The highest BCUT2D eigenvalue weighted by Gasteiger charge is 2.52. The topological polar surface area (TPSA) is 84.5 Å². The van der Waals surface area contributed by atoms with Crippen LogP contribution in [-0.2, 0) is 25.5 Å². The summed E-state index contributed by atoms with van der Waals surface area (Å²) in [5, 5.41) is 5.90. The largest absolute Gasteiger partial charge is 0.458 e. The maximum absolute atomic E-state index is 12.8. The molecule has 1 saturated heterocycles. The van der Waals surface area contributed by atoms with E-state index in [-0.39, 0.29) is 24.2 Å². The third-order valence-electron chi connectivity index (χ3n) is 5.87. The van der Waals surface area contributed by atoms with Gasteiger partial charge in [0.05, 0.1) is 18.8 Å². The molecule has 2 amide bonds. The van der Waals surface area contributed by atoms with Crippen molar-refractivity contribution in [3.8, 4) is 0 Å². The molecule has 2 N–H and O–H groups in total. The zero-order valence-corrected chi connectivity index (χ0v) is 15.5.